The van der Waals surface area contributed by atoms with E-state index >= 15 is 0 Å². The Hall–Kier alpha value is -3.72. The van der Waals surface area contributed by atoms with E-state index in [-0.39, 0.29) is 29.3 Å². The Morgan fingerprint density at radius 3 is 2.51 bits per heavy atom. The smallest absolute Gasteiger partial charge is 0.309 e. The molecule has 37 heavy (non-hydrogen) atoms. The fraction of sp³-hybridized carbons (Fsp3) is 0.393. The molecule has 0 bridgehead atoms. The number of carbonyl (C=O) groups is 2. The van der Waals surface area contributed by atoms with E-state index in [0.717, 1.165) is 16.9 Å². The number of hydrogen-bond donors (Lipinski definition) is 0. The fourth-order valence-corrected chi connectivity index (χ4v) is 4.50. The number of esters is 1. The number of hydrogen-bond acceptors (Lipinski definition) is 7. The fourth-order valence-electron chi connectivity index (χ4n) is 4.50. The Labute approximate surface area is 216 Å². The molecule has 1 aromatic heterocycles. The number of amides is 1. The van der Waals surface area contributed by atoms with Gasteiger partial charge in [-0.3, -0.25) is 14.5 Å². The standard InChI is InChI=1S/C28H32FN3O5/c1-3-36-28(34)21-12-14-32(15-13-21)27(33)24-19-37-26(30-24)18-31(16-20-8-10-23(29)11-9-20)17-22-6-4-5-7-25(22)35-2/h4-11,19,21H,3,12-18H2,1-2H3. The third kappa shape index (κ3) is 6.95. The highest BCUT2D eigenvalue weighted by Gasteiger charge is 2.30. The summed E-state index contributed by atoms with van der Waals surface area (Å²) in [5.74, 6) is 0.290. The minimum atomic E-state index is -0.290. The maximum Gasteiger partial charge on any atom is 0.309 e. The van der Waals surface area contributed by atoms with Gasteiger partial charge >= 0.3 is 5.97 Å². The summed E-state index contributed by atoms with van der Waals surface area (Å²) in [6.45, 7) is 4.47. The van der Waals surface area contributed by atoms with Gasteiger partial charge in [0.15, 0.2) is 5.69 Å². The molecule has 0 aliphatic carbocycles. The van der Waals surface area contributed by atoms with Gasteiger partial charge in [0.25, 0.3) is 5.91 Å². The second kappa shape index (κ2) is 12.5. The van der Waals surface area contributed by atoms with E-state index in [9.17, 15) is 14.0 Å². The van der Waals surface area contributed by atoms with Crippen molar-refractivity contribution in [2.45, 2.75) is 39.4 Å². The minimum Gasteiger partial charge on any atom is -0.496 e. The van der Waals surface area contributed by atoms with Crippen molar-refractivity contribution in [1.29, 1.82) is 0 Å². The number of para-hydroxylation sites is 1. The average molecular weight is 510 g/mol. The van der Waals surface area contributed by atoms with Crippen molar-refractivity contribution in [2.75, 3.05) is 26.8 Å². The van der Waals surface area contributed by atoms with Gasteiger partial charge < -0.3 is 18.8 Å². The second-order valence-electron chi connectivity index (χ2n) is 9.03. The molecule has 8 nitrogen and oxygen atoms in total. The Morgan fingerprint density at radius 1 is 1.08 bits per heavy atom. The number of ether oxygens (including phenoxy) is 2. The Morgan fingerprint density at radius 2 is 1.81 bits per heavy atom. The first-order valence-corrected chi connectivity index (χ1v) is 12.5. The number of methoxy groups -OCH3 is 1. The Kier molecular flexibility index (Phi) is 8.90. The van der Waals surface area contributed by atoms with Gasteiger partial charge in [0.05, 0.1) is 26.2 Å². The molecule has 0 atom stereocenters. The van der Waals surface area contributed by atoms with Crippen LogP contribution in [0.4, 0.5) is 4.39 Å². The highest BCUT2D eigenvalue weighted by molar-refractivity contribution is 5.92. The third-order valence-electron chi connectivity index (χ3n) is 6.44. The lowest BCUT2D eigenvalue weighted by molar-refractivity contribution is -0.149. The molecule has 0 N–H and O–H groups in total. The van der Waals surface area contributed by atoms with Crippen molar-refractivity contribution < 1.29 is 27.9 Å². The first kappa shape index (κ1) is 26.3. The van der Waals surface area contributed by atoms with Crippen LogP contribution in [-0.4, -0.2) is 53.5 Å². The van der Waals surface area contributed by atoms with Crippen LogP contribution < -0.4 is 4.74 Å². The summed E-state index contributed by atoms with van der Waals surface area (Å²) < 4.78 is 29.7. The number of benzene rings is 2. The van der Waals surface area contributed by atoms with E-state index in [4.69, 9.17) is 13.9 Å². The van der Waals surface area contributed by atoms with Crippen molar-refractivity contribution in [3.63, 3.8) is 0 Å². The molecule has 196 valence electrons. The summed E-state index contributed by atoms with van der Waals surface area (Å²) in [7, 11) is 1.63. The summed E-state index contributed by atoms with van der Waals surface area (Å²) >= 11 is 0. The van der Waals surface area contributed by atoms with Crippen molar-refractivity contribution in [1.82, 2.24) is 14.8 Å². The Bertz CT molecular complexity index is 1190. The molecule has 1 fully saturated rings. The SMILES string of the molecule is CCOC(=O)C1CCN(C(=O)c2coc(CN(Cc3ccc(F)cc3)Cc3ccccc3OC)n2)CC1. The second-order valence-corrected chi connectivity index (χ2v) is 9.03. The number of rotatable bonds is 10. The number of oxazole rings is 1. The number of halogens is 1. The predicted octanol–water partition coefficient (Wildman–Crippen LogP) is 4.44. The van der Waals surface area contributed by atoms with Gasteiger partial charge in [-0.1, -0.05) is 30.3 Å². The summed E-state index contributed by atoms with van der Waals surface area (Å²) in [6.07, 6.45) is 2.52. The molecule has 4 rings (SSSR count). The molecule has 9 heteroatoms. The van der Waals surface area contributed by atoms with E-state index in [0.29, 0.717) is 58.1 Å². The lowest BCUT2D eigenvalue weighted by Crippen LogP contribution is -2.40. The molecular weight excluding hydrogens is 477 g/mol. The molecule has 3 aromatic rings. The first-order chi connectivity index (χ1) is 18.0. The topological polar surface area (TPSA) is 85.1 Å². The highest BCUT2D eigenvalue weighted by Crippen LogP contribution is 2.23. The molecule has 0 spiro atoms. The normalized spacial score (nSPS) is 14.1. The monoisotopic (exact) mass is 509 g/mol. The number of carbonyl (C=O) groups excluding carboxylic acids is 2. The molecule has 1 amide bonds. The van der Waals surface area contributed by atoms with E-state index < -0.39 is 0 Å². The lowest BCUT2D eigenvalue weighted by Gasteiger charge is -2.30. The number of likely N-dealkylation sites (tertiary alicyclic amines) is 1. The maximum absolute atomic E-state index is 13.4. The zero-order valence-electron chi connectivity index (χ0n) is 21.2. The number of nitrogens with zero attached hydrogens (tertiary/aromatic N) is 3. The van der Waals surface area contributed by atoms with Crippen LogP contribution in [0, 0.1) is 11.7 Å². The van der Waals surface area contributed by atoms with E-state index in [2.05, 4.69) is 9.88 Å². The lowest BCUT2D eigenvalue weighted by atomic mass is 9.97. The van der Waals surface area contributed by atoms with Crippen molar-refractivity contribution in [2.24, 2.45) is 5.92 Å². The molecule has 1 aliphatic rings. The van der Waals surface area contributed by atoms with Gasteiger partial charge in [-0.15, -0.1) is 0 Å². The van der Waals surface area contributed by atoms with Gasteiger partial charge in [-0.05, 0) is 43.5 Å². The molecule has 2 heterocycles. The third-order valence-corrected chi connectivity index (χ3v) is 6.44. The number of aromatic nitrogens is 1. The van der Waals surface area contributed by atoms with Crippen LogP contribution in [0.2, 0.25) is 0 Å². The van der Waals surface area contributed by atoms with Crippen LogP contribution >= 0.6 is 0 Å². The molecule has 0 saturated carbocycles. The first-order valence-electron chi connectivity index (χ1n) is 12.5. The molecule has 1 saturated heterocycles. The van der Waals surface area contributed by atoms with Crippen LogP contribution in [0.1, 0.15) is 47.3 Å². The van der Waals surface area contributed by atoms with Gasteiger partial charge in [0.2, 0.25) is 5.89 Å². The van der Waals surface area contributed by atoms with Crippen LogP contribution in [0.25, 0.3) is 0 Å². The van der Waals surface area contributed by atoms with Crippen LogP contribution in [0.3, 0.4) is 0 Å². The van der Waals surface area contributed by atoms with Gasteiger partial charge in [0, 0.05) is 31.7 Å². The van der Waals surface area contributed by atoms with Crippen molar-refractivity contribution in [3.05, 3.63) is 83.3 Å². The molecule has 0 radical (unpaired) electrons. The van der Waals surface area contributed by atoms with E-state index in [1.165, 1.54) is 18.4 Å². The molecule has 2 aromatic carbocycles. The van der Waals surface area contributed by atoms with Crippen molar-refractivity contribution >= 4 is 11.9 Å². The zero-order chi connectivity index (χ0) is 26.2. The number of piperidine rings is 1. The Balaban J connectivity index is 1.43. The minimum absolute atomic E-state index is 0.174. The van der Waals surface area contributed by atoms with Gasteiger partial charge in [-0.2, -0.15) is 0 Å². The van der Waals surface area contributed by atoms with Gasteiger partial charge in [0.1, 0.15) is 17.8 Å². The van der Waals surface area contributed by atoms with E-state index in [1.54, 1.807) is 31.1 Å². The predicted molar refractivity (Wildman–Crippen MR) is 134 cm³/mol. The zero-order valence-corrected chi connectivity index (χ0v) is 21.2. The summed E-state index contributed by atoms with van der Waals surface area (Å²) in [5.41, 5.74) is 2.16. The largest absolute Gasteiger partial charge is 0.496 e. The molecule has 0 unspecified atom stereocenters. The van der Waals surface area contributed by atoms with Crippen LogP contribution in [0.15, 0.2) is 59.2 Å². The summed E-state index contributed by atoms with van der Waals surface area (Å²) in [6, 6.07) is 14.1. The van der Waals surface area contributed by atoms with Crippen LogP contribution in [-0.2, 0) is 29.2 Å². The quantitative estimate of drug-likeness (QED) is 0.374. The van der Waals surface area contributed by atoms with Gasteiger partial charge in [-0.25, -0.2) is 9.37 Å². The average Bonchev–Trinajstić information content (AvgIpc) is 3.38. The van der Waals surface area contributed by atoms with Crippen molar-refractivity contribution in [3.8, 4) is 5.75 Å². The van der Waals surface area contributed by atoms with Crippen LogP contribution in [0.5, 0.6) is 5.75 Å². The summed E-state index contributed by atoms with van der Waals surface area (Å²) in [5, 5.41) is 0. The van der Waals surface area contributed by atoms with E-state index in [1.807, 2.05) is 24.3 Å². The highest BCUT2D eigenvalue weighted by atomic mass is 19.1. The molecular formula is C28H32FN3O5. The maximum atomic E-state index is 13.4. The summed E-state index contributed by atoms with van der Waals surface area (Å²) in [4.78, 5) is 33.3. The molecule has 1 aliphatic heterocycles.